The van der Waals surface area contributed by atoms with Gasteiger partial charge in [0.15, 0.2) is 0 Å². The number of fused-ring (bicyclic) bond motifs is 1. The van der Waals surface area contributed by atoms with E-state index in [0.717, 1.165) is 16.8 Å². The van der Waals surface area contributed by atoms with Crippen LogP contribution in [0.1, 0.15) is 29.9 Å². The van der Waals surface area contributed by atoms with Crippen molar-refractivity contribution in [2.45, 2.75) is 19.3 Å². The number of anilines is 1. The Morgan fingerprint density at radius 1 is 1.04 bits per heavy atom. The minimum atomic E-state index is -0.142. The first-order valence-corrected chi connectivity index (χ1v) is 9.31. The van der Waals surface area contributed by atoms with E-state index in [1.165, 1.54) is 6.33 Å². The number of rotatable bonds is 2. The molecular weight excluding hydrogens is 381 g/mol. The van der Waals surface area contributed by atoms with Crippen LogP contribution < -0.4 is 4.90 Å². The summed E-state index contributed by atoms with van der Waals surface area (Å²) < 4.78 is 0. The Labute approximate surface area is 167 Å². The summed E-state index contributed by atoms with van der Waals surface area (Å²) in [6.07, 6.45) is 1.40. The minimum Gasteiger partial charge on any atom is -0.306 e. The monoisotopic (exact) mass is 397 g/mol. The van der Waals surface area contributed by atoms with E-state index in [1.807, 2.05) is 24.3 Å². The minimum absolute atomic E-state index is 0.105. The Morgan fingerprint density at radius 2 is 1.81 bits per heavy atom. The Hall–Kier alpha value is -2.43. The standard InChI is InChI=1S/C21H17Cl2N3O/c1-21(2)11-26(19-6-4-3-5-14(19)21)20(27)18-10-17(24-12-25-18)13-7-8-15(22)16(23)9-13/h3-10,12H,11H2,1-2H3. The Morgan fingerprint density at radius 3 is 2.59 bits per heavy atom. The van der Waals surface area contributed by atoms with Crippen molar-refractivity contribution in [2.75, 3.05) is 11.4 Å². The highest BCUT2D eigenvalue weighted by Gasteiger charge is 2.38. The van der Waals surface area contributed by atoms with Gasteiger partial charge in [-0.3, -0.25) is 4.79 Å². The SMILES string of the molecule is CC1(C)CN(C(=O)c2cc(-c3ccc(Cl)c(Cl)c3)ncn2)c2ccccc21. The van der Waals surface area contributed by atoms with Gasteiger partial charge in [0.05, 0.1) is 15.7 Å². The molecule has 0 fully saturated rings. The van der Waals surface area contributed by atoms with Crippen molar-refractivity contribution in [1.29, 1.82) is 0 Å². The van der Waals surface area contributed by atoms with Crippen molar-refractivity contribution in [3.8, 4) is 11.3 Å². The number of aromatic nitrogens is 2. The highest BCUT2D eigenvalue weighted by atomic mass is 35.5. The predicted octanol–water partition coefficient (Wildman–Crippen LogP) is 5.39. The maximum atomic E-state index is 13.2. The van der Waals surface area contributed by atoms with Crippen molar-refractivity contribution in [3.63, 3.8) is 0 Å². The van der Waals surface area contributed by atoms with Crippen molar-refractivity contribution in [3.05, 3.63) is 76.2 Å². The quantitative estimate of drug-likeness (QED) is 0.582. The molecule has 136 valence electrons. The fourth-order valence-corrected chi connectivity index (χ4v) is 3.75. The van der Waals surface area contributed by atoms with Crippen molar-refractivity contribution in [1.82, 2.24) is 9.97 Å². The first-order chi connectivity index (χ1) is 12.9. The predicted molar refractivity (Wildman–Crippen MR) is 109 cm³/mol. The molecule has 1 aliphatic rings. The number of halogens is 2. The van der Waals surface area contributed by atoms with Gasteiger partial charge in [-0.1, -0.05) is 61.3 Å². The number of amides is 1. The van der Waals surface area contributed by atoms with Crippen molar-refractivity contribution >= 4 is 34.8 Å². The molecule has 0 saturated heterocycles. The zero-order chi connectivity index (χ0) is 19.2. The Balaban J connectivity index is 1.71. The molecule has 2 heterocycles. The molecule has 0 atom stereocenters. The van der Waals surface area contributed by atoms with Crippen LogP contribution in [-0.2, 0) is 5.41 Å². The molecule has 3 aromatic rings. The lowest BCUT2D eigenvalue weighted by molar-refractivity contribution is 0.0981. The lowest BCUT2D eigenvalue weighted by Crippen LogP contribution is -2.34. The van der Waals surface area contributed by atoms with E-state index < -0.39 is 0 Å². The van der Waals surface area contributed by atoms with Gasteiger partial charge in [0.2, 0.25) is 0 Å². The van der Waals surface area contributed by atoms with Crippen LogP contribution in [0, 0.1) is 0 Å². The molecule has 1 aliphatic heterocycles. The molecule has 0 aliphatic carbocycles. The summed E-state index contributed by atoms with van der Waals surface area (Å²) in [7, 11) is 0. The first kappa shape index (κ1) is 18.0. The summed E-state index contributed by atoms with van der Waals surface area (Å²) in [4.78, 5) is 23.5. The number of carbonyl (C=O) groups excluding carboxylic acids is 1. The van der Waals surface area contributed by atoms with Crippen LogP contribution in [0.5, 0.6) is 0 Å². The third-order valence-corrected chi connectivity index (χ3v) is 5.56. The lowest BCUT2D eigenvalue weighted by atomic mass is 9.87. The normalized spacial score (nSPS) is 14.9. The zero-order valence-electron chi connectivity index (χ0n) is 14.9. The summed E-state index contributed by atoms with van der Waals surface area (Å²) in [6.45, 7) is 4.89. The highest BCUT2D eigenvalue weighted by Crippen LogP contribution is 2.40. The van der Waals surface area contributed by atoms with Crippen LogP contribution in [-0.4, -0.2) is 22.4 Å². The molecule has 1 amide bonds. The molecule has 0 spiro atoms. The van der Waals surface area contributed by atoms with E-state index in [2.05, 4.69) is 29.9 Å². The zero-order valence-corrected chi connectivity index (χ0v) is 16.4. The fraction of sp³-hybridized carbons (Fsp3) is 0.190. The summed E-state index contributed by atoms with van der Waals surface area (Å²) in [6, 6.07) is 14.9. The van der Waals surface area contributed by atoms with Crippen LogP contribution in [0.2, 0.25) is 10.0 Å². The molecule has 6 heteroatoms. The van der Waals surface area contributed by atoms with Crippen LogP contribution >= 0.6 is 23.2 Å². The van der Waals surface area contributed by atoms with Gasteiger partial charge < -0.3 is 4.90 Å². The van der Waals surface area contributed by atoms with E-state index in [1.54, 1.807) is 23.1 Å². The lowest BCUT2D eigenvalue weighted by Gasteiger charge is -2.20. The van der Waals surface area contributed by atoms with Gasteiger partial charge in [-0.25, -0.2) is 9.97 Å². The second-order valence-electron chi connectivity index (χ2n) is 7.21. The number of hydrogen-bond donors (Lipinski definition) is 0. The van der Waals surface area contributed by atoms with E-state index in [0.29, 0.717) is 28.0 Å². The second-order valence-corrected chi connectivity index (χ2v) is 8.02. The third kappa shape index (κ3) is 3.20. The molecule has 4 nitrogen and oxygen atoms in total. The molecule has 0 radical (unpaired) electrons. The maximum Gasteiger partial charge on any atom is 0.277 e. The van der Waals surface area contributed by atoms with Gasteiger partial charge >= 0.3 is 0 Å². The first-order valence-electron chi connectivity index (χ1n) is 8.56. The third-order valence-electron chi connectivity index (χ3n) is 4.82. The van der Waals surface area contributed by atoms with E-state index in [4.69, 9.17) is 23.2 Å². The summed E-state index contributed by atoms with van der Waals surface area (Å²) >= 11 is 12.1. The summed E-state index contributed by atoms with van der Waals surface area (Å²) in [5.41, 5.74) is 3.74. The van der Waals surface area contributed by atoms with Gasteiger partial charge in [0.1, 0.15) is 12.0 Å². The van der Waals surface area contributed by atoms with Gasteiger partial charge in [0, 0.05) is 23.2 Å². The average molecular weight is 398 g/mol. The van der Waals surface area contributed by atoms with Crippen LogP contribution in [0.4, 0.5) is 5.69 Å². The van der Waals surface area contributed by atoms with Gasteiger partial charge in [0.25, 0.3) is 5.91 Å². The van der Waals surface area contributed by atoms with Crippen molar-refractivity contribution < 1.29 is 4.79 Å². The molecule has 0 bridgehead atoms. The molecule has 4 rings (SSSR count). The summed E-state index contributed by atoms with van der Waals surface area (Å²) in [5.74, 6) is -0.142. The second kappa shape index (κ2) is 6.63. The molecule has 2 aromatic carbocycles. The van der Waals surface area contributed by atoms with Gasteiger partial charge in [-0.2, -0.15) is 0 Å². The van der Waals surface area contributed by atoms with Crippen LogP contribution in [0.3, 0.4) is 0 Å². The van der Waals surface area contributed by atoms with Gasteiger partial charge in [-0.05, 0) is 29.8 Å². The largest absolute Gasteiger partial charge is 0.306 e. The van der Waals surface area contributed by atoms with Gasteiger partial charge in [-0.15, -0.1) is 0 Å². The van der Waals surface area contributed by atoms with Crippen LogP contribution in [0.15, 0.2) is 54.9 Å². The molecule has 0 N–H and O–H groups in total. The molecule has 0 saturated carbocycles. The number of carbonyl (C=O) groups is 1. The number of nitrogens with zero attached hydrogens (tertiary/aromatic N) is 3. The number of benzene rings is 2. The Kier molecular flexibility index (Phi) is 4.41. The van der Waals surface area contributed by atoms with Crippen LogP contribution in [0.25, 0.3) is 11.3 Å². The van der Waals surface area contributed by atoms with E-state index in [-0.39, 0.29) is 11.3 Å². The maximum absolute atomic E-state index is 13.2. The van der Waals surface area contributed by atoms with Crippen molar-refractivity contribution in [2.24, 2.45) is 0 Å². The average Bonchev–Trinajstić information content (AvgIpc) is 2.95. The molecule has 0 unspecified atom stereocenters. The topological polar surface area (TPSA) is 46.1 Å². The molecular formula is C21H17Cl2N3O. The van der Waals surface area contributed by atoms with E-state index >= 15 is 0 Å². The van der Waals surface area contributed by atoms with E-state index in [9.17, 15) is 4.79 Å². The molecule has 27 heavy (non-hydrogen) atoms. The number of hydrogen-bond acceptors (Lipinski definition) is 3. The fourth-order valence-electron chi connectivity index (χ4n) is 3.45. The summed E-state index contributed by atoms with van der Waals surface area (Å²) in [5, 5.41) is 0.914. The Bertz CT molecular complexity index is 1050. The highest BCUT2D eigenvalue weighted by molar-refractivity contribution is 6.42. The number of para-hydroxylation sites is 1. The molecule has 1 aromatic heterocycles. The smallest absolute Gasteiger partial charge is 0.277 e.